The Morgan fingerprint density at radius 2 is 1.59 bits per heavy atom. The third-order valence-corrected chi connectivity index (χ3v) is 5.29. The maximum absolute atomic E-state index is 11.7. The molecule has 3 rings (SSSR count). The maximum atomic E-state index is 11.7. The molecular formula is C19H19N3O4S. The summed E-state index contributed by atoms with van der Waals surface area (Å²) in [6.45, 7) is 5.28. The molecule has 0 aliphatic heterocycles. The minimum atomic E-state index is -4.47. The zero-order chi connectivity index (χ0) is 19.9. The molecule has 0 radical (unpaired) electrons. The summed E-state index contributed by atoms with van der Waals surface area (Å²) in [5, 5.41) is 19.9. The van der Waals surface area contributed by atoms with Crippen molar-refractivity contribution < 1.29 is 18.1 Å². The van der Waals surface area contributed by atoms with E-state index in [1.165, 1.54) is 12.1 Å². The fraction of sp³-hybridized carbons (Fsp3) is 0.158. The predicted octanol–water partition coefficient (Wildman–Crippen LogP) is 4.71. The second kappa shape index (κ2) is 6.64. The van der Waals surface area contributed by atoms with Gasteiger partial charge in [0.25, 0.3) is 10.1 Å². The average molecular weight is 385 g/mol. The summed E-state index contributed by atoms with van der Waals surface area (Å²) in [6, 6.07) is 9.76. The molecule has 8 heteroatoms. The Kier molecular flexibility index (Phi) is 4.63. The molecule has 0 heterocycles. The molecule has 0 aliphatic carbocycles. The SMILES string of the molecule is Cc1cc(N=Nc2c(C)cc3cc(N)ccc3c2O)c(S(=O)(=O)O)cc1C. The highest BCUT2D eigenvalue weighted by atomic mass is 32.2. The Hall–Kier alpha value is -2.97. The largest absolute Gasteiger partial charge is 0.505 e. The maximum Gasteiger partial charge on any atom is 0.296 e. The van der Waals surface area contributed by atoms with Gasteiger partial charge < -0.3 is 10.8 Å². The van der Waals surface area contributed by atoms with Crippen LogP contribution in [0.15, 0.2) is 51.5 Å². The van der Waals surface area contributed by atoms with Crippen molar-refractivity contribution in [2.45, 2.75) is 25.7 Å². The van der Waals surface area contributed by atoms with E-state index in [1.807, 2.05) is 6.07 Å². The topological polar surface area (TPSA) is 125 Å². The summed E-state index contributed by atoms with van der Waals surface area (Å²) in [6.07, 6.45) is 0. The molecule has 4 N–H and O–H groups in total. The molecule has 0 atom stereocenters. The van der Waals surface area contributed by atoms with Crippen molar-refractivity contribution in [1.82, 2.24) is 0 Å². The van der Waals surface area contributed by atoms with Crippen molar-refractivity contribution in [2.24, 2.45) is 10.2 Å². The van der Waals surface area contributed by atoms with Crippen molar-refractivity contribution in [3.05, 3.63) is 53.1 Å². The van der Waals surface area contributed by atoms with E-state index in [-0.39, 0.29) is 22.0 Å². The highest BCUT2D eigenvalue weighted by molar-refractivity contribution is 7.86. The molecule has 0 saturated carbocycles. The third-order valence-electron chi connectivity index (χ3n) is 4.41. The van der Waals surface area contributed by atoms with Gasteiger partial charge in [-0.25, -0.2) is 0 Å². The van der Waals surface area contributed by atoms with Crippen LogP contribution in [0.2, 0.25) is 0 Å². The van der Waals surface area contributed by atoms with Crippen molar-refractivity contribution in [2.75, 3.05) is 5.73 Å². The quantitative estimate of drug-likeness (QED) is 0.342. The molecule has 0 fully saturated rings. The zero-order valence-corrected chi connectivity index (χ0v) is 15.9. The van der Waals surface area contributed by atoms with Crippen LogP contribution in [0.5, 0.6) is 5.75 Å². The van der Waals surface area contributed by atoms with Crippen LogP contribution in [0.1, 0.15) is 16.7 Å². The fourth-order valence-electron chi connectivity index (χ4n) is 2.82. The molecule has 0 aliphatic rings. The first-order valence-electron chi connectivity index (χ1n) is 8.10. The first kappa shape index (κ1) is 18.8. The van der Waals surface area contributed by atoms with Gasteiger partial charge in [-0.3, -0.25) is 4.55 Å². The normalized spacial score (nSPS) is 12.1. The molecule has 0 spiro atoms. The number of hydrogen-bond donors (Lipinski definition) is 3. The Morgan fingerprint density at radius 3 is 2.26 bits per heavy atom. The summed E-state index contributed by atoms with van der Waals surface area (Å²) in [7, 11) is -4.47. The van der Waals surface area contributed by atoms with Crippen LogP contribution in [0.4, 0.5) is 17.1 Å². The lowest BCUT2D eigenvalue weighted by atomic mass is 10.0. The second-order valence-corrected chi connectivity index (χ2v) is 7.84. The summed E-state index contributed by atoms with van der Waals surface area (Å²) in [5.41, 5.74) is 8.70. The fourth-order valence-corrected chi connectivity index (χ4v) is 3.51. The lowest BCUT2D eigenvalue weighted by molar-refractivity contribution is 0.482. The minimum Gasteiger partial charge on any atom is -0.505 e. The number of anilines is 1. The molecule has 7 nitrogen and oxygen atoms in total. The number of phenolic OH excluding ortho intramolecular Hbond substituents is 1. The lowest BCUT2D eigenvalue weighted by Gasteiger charge is -2.09. The summed E-state index contributed by atoms with van der Waals surface area (Å²) in [4.78, 5) is -0.333. The zero-order valence-electron chi connectivity index (χ0n) is 15.1. The number of aromatic hydroxyl groups is 1. The average Bonchev–Trinajstić information content (AvgIpc) is 2.56. The predicted molar refractivity (Wildman–Crippen MR) is 105 cm³/mol. The van der Waals surface area contributed by atoms with Gasteiger partial charge in [-0.1, -0.05) is 0 Å². The number of azo groups is 1. The molecule has 3 aromatic rings. The number of fused-ring (bicyclic) bond motifs is 1. The second-order valence-electron chi connectivity index (χ2n) is 6.45. The molecular weight excluding hydrogens is 366 g/mol. The highest BCUT2D eigenvalue weighted by Crippen LogP contribution is 2.40. The van der Waals surface area contributed by atoms with Gasteiger partial charge in [0.05, 0.1) is 0 Å². The first-order valence-corrected chi connectivity index (χ1v) is 9.54. The number of rotatable bonds is 3. The van der Waals surface area contributed by atoms with Crippen LogP contribution in [0, 0.1) is 20.8 Å². The smallest absolute Gasteiger partial charge is 0.296 e. The summed E-state index contributed by atoms with van der Waals surface area (Å²) < 4.78 is 32.8. The number of hydrogen-bond acceptors (Lipinski definition) is 6. The van der Waals surface area contributed by atoms with Gasteiger partial charge in [0.1, 0.15) is 16.3 Å². The van der Waals surface area contributed by atoms with E-state index in [4.69, 9.17) is 5.73 Å². The Bertz CT molecular complexity index is 1200. The molecule has 0 unspecified atom stereocenters. The standard InChI is InChI=1S/C19H19N3O4S/c1-10-7-16(17(8-11(10)2)27(24,25)26)21-22-18-12(3)6-13-9-14(20)4-5-15(13)19(18)23/h4-9,23H,20H2,1-3H3,(H,24,25,26). The van der Waals surface area contributed by atoms with Crippen molar-refractivity contribution in [1.29, 1.82) is 0 Å². The van der Waals surface area contributed by atoms with Crippen LogP contribution in [-0.2, 0) is 10.1 Å². The lowest BCUT2D eigenvalue weighted by Crippen LogP contribution is -2.00. The van der Waals surface area contributed by atoms with Gasteiger partial charge in [-0.15, -0.1) is 10.2 Å². The number of nitrogens with zero attached hydrogens (tertiary/aromatic N) is 2. The van der Waals surface area contributed by atoms with Gasteiger partial charge in [0, 0.05) is 11.1 Å². The highest BCUT2D eigenvalue weighted by Gasteiger charge is 2.18. The minimum absolute atomic E-state index is 0.00296. The van der Waals surface area contributed by atoms with E-state index in [1.54, 1.807) is 39.0 Å². The number of phenols is 1. The van der Waals surface area contributed by atoms with E-state index < -0.39 is 10.1 Å². The van der Waals surface area contributed by atoms with Crippen LogP contribution < -0.4 is 5.73 Å². The third kappa shape index (κ3) is 3.62. The molecule has 0 aromatic heterocycles. The van der Waals surface area contributed by atoms with Gasteiger partial charge in [-0.2, -0.15) is 8.42 Å². The molecule has 140 valence electrons. The van der Waals surface area contributed by atoms with Gasteiger partial charge in [-0.05, 0) is 79.2 Å². The Morgan fingerprint density at radius 1 is 0.926 bits per heavy atom. The van der Waals surface area contributed by atoms with E-state index in [9.17, 15) is 18.1 Å². The van der Waals surface area contributed by atoms with Crippen molar-refractivity contribution in [3.8, 4) is 5.75 Å². The summed E-state index contributed by atoms with van der Waals surface area (Å²) >= 11 is 0. The van der Waals surface area contributed by atoms with E-state index in [0.717, 1.165) is 10.9 Å². The van der Waals surface area contributed by atoms with Crippen LogP contribution >= 0.6 is 0 Å². The van der Waals surface area contributed by atoms with Crippen LogP contribution in [-0.4, -0.2) is 18.1 Å². The first-order chi connectivity index (χ1) is 12.6. The van der Waals surface area contributed by atoms with Gasteiger partial charge >= 0.3 is 0 Å². The molecule has 27 heavy (non-hydrogen) atoms. The molecule has 3 aromatic carbocycles. The molecule has 0 bridgehead atoms. The molecule has 0 saturated heterocycles. The Labute approximate surface area is 156 Å². The van der Waals surface area contributed by atoms with Crippen LogP contribution in [0.3, 0.4) is 0 Å². The van der Waals surface area contributed by atoms with Crippen molar-refractivity contribution in [3.63, 3.8) is 0 Å². The van der Waals surface area contributed by atoms with Crippen molar-refractivity contribution >= 4 is 38.0 Å². The van der Waals surface area contributed by atoms with E-state index in [2.05, 4.69) is 10.2 Å². The number of nitrogen functional groups attached to an aromatic ring is 1. The van der Waals surface area contributed by atoms with Gasteiger partial charge in [0.2, 0.25) is 0 Å². The van der Waals surface area contributed by atoms with Crippen LogP contribution in [0.25, 0.3) is 10.8 Å². The van der Waals surface area contributed by atoms with E-state index >= 15 is 0 Å². The van der Waals surface area contributed by atoms with E-state index in [0.29, 0.717) is 22.2 Å². The monoisotopic (exact) mass is 385 g/mol. The summed E-state index contributed by atoms with van der Waals surface area (Å²) in [5.74, 6) is -0.0778. The number of benzene rings is 3. The molecule has 0 amide bonds. The number of nitrogens with two attached hydrogens (primary N) is 1. The Balaban J connectivity index is 2.18. The van der Waals surface area contributed by atoms with Gasteiger partial charge in [0.15, 0.2) is 5.75 Å². The number of aryl methyl sites for hydroxylation is 3.